The first-order valence-corrected chi connectivity index (χ1v) is 6.47. The summed E-state index contributed by atoms with van der Waals surface area (Å²) >= 11 is 0. The van der Waals surface area contributed by atoms with Gasteiger partial charge in [-0.15, -0.1) is 0 Å². The smallest absolute Gasteiger partial charge is 0.318 e. The quantitative estimate of drug-likeness (QED) is 0.484. The second-order valence-electron chi connectivity index (χ2n) is 4.33. The van der Waals surface area contributed by atoms with Crippen LogP contribution < -0.4 is 0 Å². The summed E-state index contributed by atoms with van der Waals surface area (Å²) in [6.45, 7) is 1.09. The summed E-state index contributed by atoms with van der Waals surface area (Å²) in [7, 11) is 0. The van der Waals surface area contributed by atoms with Crippen molar-refractivity contribution in [3.63, 3.8) is 0 Å². The summed E-state index contributed by atoms with van der Waals surface area (Å²) in [5.41, 5.74) is 0. The van der Waals surface area contributed by atoms with Gasteiger partial charge in [0, 0.05) is 25.1 Å². The van der Waals surface area contributed by atoms with Crippen LogP contribution in [0.3, 0.4) is 0 Å². The van der Waals surface area contributed by atoms with E-state index in [1.54, 1.807) is 0 Å². The highest BCUT2D eigenvalue weighted by Gasteiger charge is 2.22. The molecule has 110 valence electrons. The van der Waals surface area contributed by atoms with Crippen molar-refractivity contribution in [2.75, 3.05) is 19.8 Å². The third-order valence-electron chi connectivity index (χ3n) is 2.82. The van der Waals surface area contributed by atoms with Gasteiger partial charge in [0.05, 0.1) is 0 Å². The fourth-order valence-electron chi connectivity index (χ4n) is 1.81. The van der Waals surface area contributed by atoms with E-state index in [0.29, 0.717) is 39.0 Å². The Bertz CT molecular complexity index is 398. The molecule has 0 unspecified atom stereocenters. The average Bonchev–Trinajstić information content (AvgIpc) is 3.02. The molecule has 2 aliphatic rings. The first-order valence-electron chi connectivity index (χ1n) is 6.47. The lowest BCUT2D eigenvalue weighted by molar-refractivity contribution is -0.460. The molecule has 1 fully saturated rings. The molecule has 0 spiro atoms. The maximum Gasteiger partial charge on any atom is 0.330 e. The van der Waals surface area contributed by atoms with E-state index in [-0.39, 0.29) is 18.2 Å². The molecule has 20 heavy (non-hydrogen) atoms. The first kappa shape index (κ1) is 14.6. The van der Waals surface area contributed by atoms with Crippen LogP contribution in [0.4, 0.5) is 0 Å². The third-order valence-corrected chi connectivity index (χ3v) is 2.82. The van der Waals surface area contributed by atoms with Crippen LogP contribution >= 0.6 is 0 Å². The van der Waals surface area contributed by atoms with E-state index in [1.807, 2.05) is 0 Å². The van der Waals surface area contributed by atoms with Crippen LogP contribution in [0, 0.1) is 0 Å². The zero-order valence-electron chi connectivity index (χ0n) is 10.9. The molecule has 2 aliphatic heterocycles. The standard InChI is InChI=1S/C12H16N2O6/c15-10-5-6-11(16)13(10)7-3-1-2-4-12(17)20-14-18-8-9-19-14/h5-6H,1-4,7-9H2. The van der Waals surface area contributed by atoms with Crippen LogP contribution in [-0.2, 0) is 28.9 Å². The highest BCUT2D eigenvalue weighted by Crippen LogP contribution is 2.09. The van der Waals surface area contributed by atoms with E-state index < -0.39 is 5.97 Å². The number of amides is 2. The molecule has 2 heterocycles. The molecule has 8 nitrogen and oxygen atoms in total. The molecule has 0 aromatic heterocycles. The number of hydrogen-bond donors (Lipinski definition) is 0. The van der Waals surface area contributed by atoms with Crippen molar-refractivity contribution in [1.82, 2.24) is 10.3 Å². The molecule has 0 atom stereocenters. The van der Waals surface area contributed by atoms with Crippen molar-refractivity contribution in [1.29, 1.82) is 0 Å². The van der Waals surface area contributed by atoms with E-state index in [4.69, 9.17) is 14.5 Å². The Morgan fingerprint density at radius 2 is 1.75 bits per heavy atom. The van der Waals surface area contributed by atoms with Crippen LogP contribution in [0.25, 0.3) is 0 Å². The summed E-state index contributed by atoms with van der Waals surface area (Å²) in [6, 6.07) is 0. The molecule has 8 heteroatoms. The fraction of sp³-hybridized carbons (Fsp3) is 0.583. The van der Waals surface area contributed by atoms with Crippen molar-refractivity contribution < 1.29 is 28.9 Å². The molecule has 0 aromatic rings. The van der Waals surface area contributed by atoms with E-state index in [0.717, 1.165) is 5.39 Å². The van der Waals surface area contributed by atoms with Crippen LogP contribution in [0.2, 0.25) is 0 Å². The lowest BCUT2D eigenvalue weighted by Crippen LogP contribution is -2.30. The predicted octanol–water partition coefficient (Wildman–Crippen LogP) is 0.109. The second-order valence-corrected chi connectivity index (χ2v) is 4.33. The van der Waals surface area contributed by atoms with Gasteiger partial charge in [0.2, 0.25) is 0 Å². The number of carbonyl (C=O) groups excluding carboxylic acids is 3. The van der Waals surface area contributed by atoms with E-state index in [1.165, 1.54) is 17.1 Å². The molecular weight excluding hydrogens is 268 g/mol. The van der Waals surface area contributed by atoms with Gasteiger partial charge in [-0.1, -0.05) is 6.42 Å². The molecule has 0 saturated carbocycles. The second kappa shape index (κ2) is 7.13. The van der Waals surface area contributed by atoms with Crippen molar-refractivity contribution >= 4 is 17.8 Å². The Hall–Kier alpha value is -1.77. The third kappa shape index (κ3) is 4.12. The number of imide groups is 1. The first-order chi connectivity index (χ1) is 9.66. The van der Waals surface area contributed by atoms with E-state index in [2.05, 4.69) is 0 Å². The molecule has 2 rings (SSSR count). The molecule has 0 aromatic carbocycles. The van der Waals surface area contributed by atoms with Crippen molar-refractivity contribution in [2.24, 2.45) is 0 Å². The zero-order valence-corrected chi connectivity index (χ0v) is 10.9. The van der Waals surface area contributed by atoms with Crippen LogP contribution in [0.1, 0.15) is 25.7 Å². The van der Waals surface area contributed by atoms with Gasteiger partial charge in [0.25, 0.3) is 11.8 Å². The van der Waals surface area contributed by atoms with E-state index >= 15 is 0 Å². The monoisotopic (exact) mass is 284 g/mol. The highest BCUT2D eigenvalue weighted by atomic mass is 17.2. The summed E-state index contributed by atoms with van der Waals surface area (Å²) in [5, 5.41) is 0.718. The maximum atomic E-state index is 11.4. The zero-order chi connectivity index (χ0) is 14.4. The fourth-order valence-corrected chi connectivity index (χ4v) is 1.81. The minimum Gasteiger partial charge on any atom is -0.318 e. The van der Waals surface area contributed by atoms with Crippen molar-refractivity contribution in [3.05, 3.63) is 12.2 Å². The Kier molecular flexibility index (Phi) is 5.22. The van der Waals surface area contributed by atoms with Gasteiger partial charge in [-0.05, 0) is 12.8 Å². The normalized spacial score (nSPS) is 19.1. The number of rotatable bonds is 7. The van der Waals surface area contributed by atoms with Crippen LogP contribution in [0.5, 0.6) is 0 Å². The average molecular weight is 284 g/mol. The number of unbranched alkanes of at least 4 members (excludes halogenated alkanes) is 2. The lowest BCUT2D eigenvalue weighted by Gasteiger charge is -2.13. The Labute approximate surface area is 115 Å². The maximum absolute atomic E-state index is 11.4. The topological polar surface area (TPSA) is 85.4 Å². The summed E-state index contributed by atoms with van der Waals surface area (Å²) in [6.07, 6.45) is 4.72. The summed E-state index contributed by atoms with van der Waals surface area (Å²) < 4.78 is 0. The molecular formula is C12H16N2O6. The number of hydrogen-bond acceptors (Lipinski definition) is 7. The summed E-state index contributed by atoms with van der Waals surface area (Å²) in [4.78, 5) is 49.5. The van der Waals surface area contributed by atoms with Gasteiger partial charge in [-0.2, -0.15) is 0 Å². The lowest BCUT2D eigenvalue weighted by atomic mass is 10.2. The van der Waals surface area contributed by atoms with Gasteiger partial charge in [-0.3, -0.25) is 19.3 Å². The minimum absolute atomic E-state index is 0.226. The molecule has 2 amide bonds. The Balaban J connectivity index is 1.52. The van der Waals surface area contributed by atoms with Gasteiger partial charge < -0.3 is 4.84 Å². The molecule has 0 N–H and O–H groups in total. The largest absolute Gasteiger partial charge is 0.330 e. The number of carbonyl (C=O) groups is 3. The van der Waals surface area contributed by atoms with Crippen molar-refractivity contribution in [3.8, 4) is 0 Å². The van der Waals surface area contributed by atoms with Crippen molar-refractivity contribution in [2.45, 2.75) is 25.7 Å². The van der Waals surface area contributed by atoms with Crippen LogP contribution in [0.15, 0.2) is 12.2 Å². The van der Waals surface area contributed by atoms with Crippen LogP contribution in [-0.4, -0.2) is 47.8 Å². The molecule has 0 bridgehead atoms. The summed E-state index contributed by atoms with van der Waals surface area (Å²) in [5.74, 6) is -1.00. The van der Waals surface area contributed by atoms with Gasteiger partial charge in [-0.25, -0.2) is 9.68 Å². The van der Waals surface area contributed by atoms with Gasteiger partial charge in [0.1, 0.15) is 18.6 Å². The Morgan fingerprint density at radius 3 is 2.40 bits per heavy atom. The molecule has 0 aliphatic carbocycles. The SMILES string of the molecule is O=C(CCCCCN1C(=O)C=CC1=O)ON1OCCO1. The Morgan fingerprint density at radius 1 is 1.10 bits per heavy atom. The highest BCUT2D eigenvalue weighted by molar-refractivity contribution is 6.12. The number of nitrogens with zero attached hydrogens (tertiary/aromatic N) is 2. The van der Waals surface area contributed by atoms with E-state index in [9.17, 15) is 14.4 Å². The minimum atomic E-state index is -0.443. The molecule has 1 saturated heterocycles. The predicted molar refractivity (Wildman–Crippen MR) is 64.2 cm³/mol. The van der Waals surface area contributed by atoms with Gasteiger partial charge in [0.15, 0.2) is 0 Å². The molecule has 0 radical (unpaired) electrons. The van der Waals surface area contributed by atoms with Gasteiger partial charge >= 0.3 is 5.97 Å².